The second-order valence-electron chi connectivity index (χ2n) is 6.65. The summed E-state index contributed by atoms with van der Waals surface area (Å²) in [7, 11) is 1.49. The zero-order valence-corrected chi connectivity index (χ0v) is 15.9. The summed E-state index contributed by atoms with van der Waals surface area (Å²) in [5.74, 6) is -0.132. The number of phenolic OH excluding ortho intramolecular Hbond substituents is 1. The monoisotopic (exact) mass is 390 g/mol. The lowest BCUT2D eigenvalue weighted by molar-refractivity contribution is 0.0470. The minimum atomic E-state index is -0.583. The molecule has 1 N–H and O–H groups in total. The van der Waals surface area contributed by atoms with Gasteiger partial charge in [0.1, 0.15) is 29.3 Å². The zero-order valence-electron chi connectivity index (χ0n) is 15.9. The molecule has 0 unspecified atom stereocenters. The van der Waals surface area contributed by atoms with Crippen LogP contribution in [0, 0.1) is 6.92 Å². The van der Waals surface area contributed by atoms with Crippen LogP contribution in [-0.2, 0) is 11.3 Å². The molecular formula is C23H18O6. The Morgan fingerprint density at radius 3 is 2.52 bits per heavy atom. The zero-order chi connectivity index (χ0) is 20.5. The molecule has 6 nitrogen and oxygen atoms in total. The van der Waals surface area contributed by atoms with E-state index in [2.05, 4.69) is 0 Å². The van der Waals surface area contributed by atoms with Gasteiger partial charge in [0.25, 0.3) is 0 Å². The molecule has 4 aromatic rings. The third-order valence-electron chi connectivity index (χ3n) is 4.86. The van der Waals surface area contributed by atoms with Crippen molar-refractivity contribution in [3.8, 4) is 11.5 Å². The summed E-state index contributed by atoms with van der Waals surface area (Å²) in [5.41, 5.74) is 0.927. The lowest BCUT2D eigenvalue weighted by Gasteiger charge is -2.12. The van der Waals surface area contributed by atoms with Gasteiger partial charge in [-0.3, -0.25) is 0 Å². The van der Waals surface area contributed by atoms with E-state index in [-0.39, 0.29) is 17.9 Å². The third kappa shape index (κ3) is 3.40. The Morgan fingerprint density at radius 2 is 1.79 bits per heavy atom. The molecule has 146 valence electrons. The molecule has 0 radical (unpaired) electrons. The van der Waals surface area contributed by atoms with E-state index < -0.39 is 11.6 Å². The number of carbonyl (C=O) groups excluding carboxylic acids is 1. The Labute approximate surface area is 165 Å². The second-order valence-corrected chi connectivity index (χ2v) is 6.65. The number of aryl methyl sites for hydroxylation is 1. The van der Waals surface area contributed by atoms with Gasteiger partial charge in [-0.2, -0.15) is 0 Å². The van der Waals surface area contributed by atoms with E-state index in [1.165, 1.54) is 19.2 Å². The van der Waals surface area contributed by atoms with E-state index in [9.17, 15) is 14.7 Å². The minimum Gasteiger partial charge on any atom is -0.508 e. The standard InChI is InChI=1S/C23H18O6/c1-13-19(24)8-7-17-16(11-21(25)29-22(13)17)12-28-23(26)18-9-14-5-3-4-6-15(14)10-20(18)27-2/h3-11,24H,12H2,1-2H3. The summed E-state index contributed by atoms with van der Waals surface area (Å²) >= 11 is 0. The molecular weight excluding hydrogens is 372 g/mol. The van der Waals surface area contributed by atoms with Gasteiger partial charge >= 0.3 is 11.6 Å². The largest absolute Gasteiger partial charge is 0.508 e. The molecule has 0 amide bonds. The highest BCUT2D eigenvalue weighted by Crippen LogP contribution is 2.29. The van der Waals surface area contributed by atoms with Crippen molar-refractivity contribution in [3.63, 3.8) is 0 Å². The molecule has 0 fully saturated rings. The van der Waals surface area contributed by atoms with Crippen molar-refractivity contribution in [2.24, 2.45) is 0 Å². The first kappa shape index (κ1) is 18.6. The Kier molecular flexibility index (Phi) is 4.68. The van der Waals surface area contributed by atoms with E-state index in [0.717, 1.165) is 10.8 Å². The van der Waals surface area contributed by atoms with Gasteiger partial charge in [-0.15, -0.1) is 0 Å². The first-order valence-electron chi connectivity index (χ1n) is 8.97. The summed E-state index contributed by atoms with van der Waals surface area (Å²) in [6, 6.07) is 15.5. The molecule has 0 aliphatic carbocycles. The van der Waals surface area contributed by atoms with Crippen LogP contribution in [0.1, 0.15) is 21.5 Å². The van der Waals surface area contributed by atoms with Gasteiger partial charge < -0.3 is 19.0 Å². The average Bonchev–Trinajstić information content (AvgIpc) is 2.73. The maximum Gasteiger partial charge on any atom is 0.342 e. The number of phenols is 1. The maximum atomic E-state index is 12.7. The number of rotatable bonds is 4. The predicted molar refractivity (Wildman–Crippen MR) is 109 cm³/mol. The van der Waals surface area contributed by atoms with Gasteiger partial charge in [0.2, 0.25) is 0 Å². The van der Waals surface area contributed by atoms with Crippen LogP contribution < -0.4 is 10.4 Å². The molecule has 6 heteroatoms. The van der Waals surface area contributed by atoms with Gasteiger partial charge in [0.05, 0.1) is 7.11 Å². The van der Waals surface area contributed by atoms with Crippen molar-refractivity contribution in [1.82, 2.24) is 0 Å². The van der Waals surface area contributed by atoms with Crippen LogP contribution in [0.4, 0.5) is 0 Å². The molecule has 0 aliphatic rings. The van der Waals surface area contributed by atoms with E-state index in [1.54, 1.807) is 25.1 Å². The Morgan fingerprint density at radius 1 is 1.07 bits per heavy atom. The van der Waals surface area contributed by atoms with Gasteiger partial charge in [-0.25, -0.2) is 9.59 Å². The highest BCUT2D eigenvalue weighted by molar-refractivity contribution is 5.98. The summed E-state index contributed by atoms with van der Waals surface area (Å²) < 4.78 is 16.0. The van der Waals surface area contributed by atoms with Gasteiger partial charge in [0, 0.05) is 22.6 Å². The van der Waals surface area contributed by atoms with Crippen LogP contribution in [0.2, 0.25) is 0 Å². The fourth-order valence-corrected chi connectivity index (χ4v) is 3.30. The topological polar surface area (TPSA) is 86.0 Å². The summed E-state index contributed by atoms with van der Waals surface area (Å²) in [6.45, 7) is 1.53. The average molecular weight is 390 g/mol. The highest BCUT2D eigenvalue weighted by atomic mass is 16.5. The molecule has 0 aliphatic heterocycles. The fraction of sp³-hybridized carbons (Fsp3) is 0.130. The smallest absolute Gasteiger partial charge is 0.342 e. The van der Waals surface area contributed by atoms with Crippen LogP contribution >= 0.6 is 0 Å². The molecule has 1 aromatic heterocycles. The molecule has 29 heavy (non-hydrogen) atoms. The van der Waals surface area contributed by atoms with E-state index in [4.69, 9.17) is 13.9 Å². The normalized spacial score (nSPS) is 11.0. The molecule has 0 saturated carbocycles. The van der Waals surface area contributed by atoms with Gasteiger partial charge in [0.15, 0.2) is 0 Å². The fourth-order valence-electron chi connectivity index (χ4n) is 3.30. The third-order valence-corrected chi connectivity index (χ3v) is 4.86. The number of esters is 1. The lowest BCUT2D eigenvalue weighted by atomic mass is 10.1. The van der Waals surface area contributed by atoms with E-state index in [0.29, 0.717) is 27.8 Å². The molecule has 1 heterocycles. The maximum absolute atomic E-state index is 12.7. The molecule has 0 saturated heterocycles. The van der Waals surface area contributed by atoms with Crippen LogP contribution in [-0.4, -0.2) is 18.2 Å². The summed E-state index contributed by atoms with van der Waals surface area (Å²) in [4.78, 5) is 24.7. The van der Waals surface area contributed by atoms with E-state index in [1.807, 2.05) is 24.3 Å². The Balaban J connectivity index is 1.68. The van der Waals surface area contributed by atoms with Crippen molar-refractivity contribution in [2.75, 3.05) is 7.11 Å². The SMILES string of the molecule is COc1cc2ccccc2cc1C(=O)OCc1cc(=O)oc2c(C)c(O)ccc12. The lowest BCUT2D eigenvalue weighted by Crippen LogP contribution is -2.09. The molecule has 4 rings (SSSR count). The van der Waals surface area contributed by atoms with Gasteiger partial charge in [-0.05, 0) is 42.0 Å². The number of aromatic hydroxyl groups is 1. The molecule has 0 spiro atoms. The number of hydrogen-bond donors (Lipinski definition) is 1. The quantitative estimate of drug-likeness (QED) is 0.412. The number of benzene rings is 3. The van der Waals surface area contributed by atoms with Crippen LogP contribution in [0.15, 0.2) is 63.8 Å². The number of hydrogen-bond acceptors (Lipinski definition) is 6. The number of fused-ring (bicyclic) bond motifs is 2. The van der Waals surface area contributed by atoms with Crippen molar-refractivity contribution >= 4 is 27.7 Å². The Hall–Kier alpha value is -3.80. The van der Waals surface area contributed by atoms with Gasteiger partial charge in [-0.1, -0.05) is 24.3 Å². The van der Waals surface area contributed by atoms with Crippen LogP contribution in [0.25, 0.3) is 21.7 Å². The Bertz CT molecular complexity index is 1300. The molecule has 0 atom stereocenters. The highest BCUT2D eigenvalue weighted by Gasteiger charge is 2.17. The van der Waals surface area contributed by atoms with Crippen LogP contribution in [0.5, 0.6) is 11.5 Å². The van der Waals surface area contributed by atoms with Crippen molar-refractivity contribution in [3.05, 3.63) is 81.7 Å². The minimum absolute atomic E-state index is 0.0238. The number of methoxy groups -OCH3 is 1. The number of carbonyl (C=O) groups is 1. The van der Waals surface area contributed by atoms with Crippen molar-refractivity contribution in [1.29, 1.82) is 0 Å². The predicted octanol–water partition coefficient (Wildman–Crippen LogP) is 4.33. The van der Waals surface area contributed by atoms with Crippen molar-refractivity contribution < 1.29 is 23.8 Å². The van der Waals surface area contributed by atoms with Crippen molar-refractivity contribution in [2.45, 2.75) is 13.5 Å². The number of ether oxygens (including phenoxy) is 2. The first-order valence-corrected chi connectivity index (χ1v) is 8.97. The molecule has 0 bridgehead atoms. The molecule has 3 aromatic carbocycles. The second kappa shape index (κ2) is 7.31. The van der Waals surface area contributed by atoms with E-state index >= 15 is 0 Å². The summed E-state index contributed by atoms with van der Waals surface area (Å²) in [6.07, 6.45) is 0. The van der Waals surface area contributed by atoms with Crippen LogP contribution in [0.3, 0.4) is 0 Å². The first-order chi connectivity index (χ1) is 14.0. The summed E-state index contributed by atoms with van der Waals surface area (Å²) in [5, 5.41) is 12.3.